The topological polar surface area (TPSA) is 87.1 Å². The first-order valence-electron chi connectivity index (χ1n) is 10.4. The first-order valence-corrected chi connectivity index (χ1v) is 12.0. The molecule has 1 aliphatic rings. The Balaban J connectivity index is 1.37. The molecule has 162 valence electrons. The van der Waals surface area contributed by atoms with Crippen LogP contribution in [0.5, 0.6) is 0 Å². The molecule has 1 saturated heterocycles. The lowest BCUT2D eigenvalue weighted by Crippen LogP contribution is -2.29. The molecule has 0 aromatic heterocycles. The molecule has 1 atom stereocenters. The molecule has 1 unspecified atom stereocenters. The van der Waals surface area contributed by atoms with Gasteiger partial charge in [0.15, 0.2) is 0 Å². The molecule has 1 heterocycles. The van der Waals surface area contributed by atoms with Crippen molar-refractivity contribution in [1.82, 2.24) is 4.90 Å². The van der Waals surface area contributed by atoms with Crippen molar-refractivity contribution in [2.75, 3.05) is 13.1 Å². The Kier molecular flexibility index (Phi) is 7.84. The minimum atomic E-state index is -4.50. The van der Waals surface area contributed by atoms with Gasteiger partial charge in [-0.05, 0) is 55.7 Å². The van der Waals surface area contributed by atoms with Crippen molar-refractivity contribution in [2.45, 2.75) is 51.6 Å². The van der Waals surface area contributed by atoms with Gasteiger partial charge in [-0.3, -0.25) is 9.32 Å². The molecule has 6 nitrogen and oxygen atoms in total. The molecule has 0 saturated carbocycles. The summed E-state index contributed by atoms with van der Waals surface area (Å²) in [5, 5.41) is 0. The van der Waals surface area contributed by atoms with E-state index in [-0.39, 0.29) is 12.5 Å². The highest BCUT2D eigenvalue weighted by Gasteiger charge is 2.31. The van der Waals surface area contributed by atoms with E-state index >= 15 is 0 Å². The molecule has 2 aromatic carbocycles. The molecular weight excluding hydrogens is 401 g/mol. The van der Waals surface area contributed by atoms with Crippen molar-refractivity contribution in [1.29, 1.82) is 0 Å². The molecule has 0 spiro atoms. The van der Waals surface area contributed by atoms with Crippen LogP contribution in [0, 0.1) is 6.92 Å². The lowest BCUT2D eigenvalue weighted by molar-refractivity contribution is -0.130. The molecule has 0 aliphatic carbocycles. The van der Waals surface area contributed by atoms with Gasteiger partial charge in [0.25, 0.3) is 0 Å². The summed E-state index contributed by atoms with van der Waals surface area (Å²) in [6.45, 7) is 2.83. The second-order valence-corrected chi connectivity index (χ2v) is 9.19. The lowest BCUT2D eigenvalue weighted by Gasteiger charge is -2.17. The highest BCUT2D eigenvalue weighted by Crippen LogP contribution is 2.39. The monoisotopic (exact) mass is 431 g/mol. The molecular formula is C23H30NO5P. The molecule has 2 N–H and O–H groups in total. The third kappa shape index (κ3) is 7.37. The number of carbonyl (C=O) groups excluding carboxylic acids is 1. The van der Waals surface area contributed by atoms with Crippen LogP contribution in [0.4, 0.5) is 0 Å². The molecule has 1 aliphatic heterocycles. The van der Waals surface area contributed by atoms with Gasteiger partial charge in [0.05, 0.1) is 6.10 Å². The third-order valence-electron chi connectivity index (χ3n) is 5.49. The van der Waals surface area contributed by atoms with Gasteiger partial charge in [0.2, 0.25) is 5.91 Å². The number of carbonyl (C=O) groups is 1. The number of rotatable bonds is 9. The summed E-state index contributed by atoms with van der Waals surface area (Å²) in [6.07, 6.45) is 3.93. The summed E-state index contributed by atoms with van der Waals surface area (Å²) in [7, 11) is -4.50. The van der Waals surface area contributed by atoms with E-state index in [4.69, 9.17) is 14.3 Å². The number of phosphoric acid groups is 1. The van der Waals surface area contributed by atoms with E-state index in [1.165, 1.54) is 22.3 Å². The number of hydrogen-bond acceptors (Lipinski definition) is 3. The zero-order valence-electron chi connectivity index (χ0n) is 17.4. The second-order valence-electron chi connectivity index (χ2n) is 8.00. The van der Waals surface area contributed by atoms with Crippen LogP contribution in [0.3, 0.4) is 0 Å². The van der Waals surface area contributed by atoms with Crippen LogP contribution in [0.15, 0.2) is 48.5 Å². The van der Waals surface area contributed by atoms with Gasteiger partial charge >= 0.3 is 7.82 Å². The van der Waals surface area contributed by atoms with Crippen molar-refractivity contribution in [3.05, 3.63) is 70.8 Å². The van der Waals surface area contributed by atoms with Crippen LogP contribution in [-0.2, 0) is 33.1 Å². The summed E-state index contributed by atoms with van der Waals surface area (Å²) in [6, 6.07) is 17.2. The number of nitrogens with zero attached hydrogens (tertiary/aromatic N) is 1. The Bertz CT molecular complexity index is 875. The van der Waals surface area contributed by atoms with Crippen molar-refractivity contribution >= 4 is 13.7 Å². The molecule has 30 heavy (non-hydrogen) atoms. The largest absolute Gasteiger partial charge is 0.469 e. The minimum Gasteiger partial charge on any atom is -0.340 e. The van der Waals surface area contributed by atoms with Crippen LogP contribution in [0.25, 0.3) is 0 Å². The van der Waals surface area contributed by atoms with E-state index in [2.05, 4.69) is 55.5 Å². The Morgan fingerprint density at radius 1 is 1.00 bits per heavy atom. The second kappa shape index (κ2) is 10.4. The molecule has 0 bridgehead atoms. The molecule has 0 radical (unpaired) electrons. The minimum absolute atomic E-state index is 0.0153. The fourth-order valence-corrected chi connectivity index (χ4v) is 4.31. The summed E-state index contributed by atoms with van der Waals surface area (Å²) >= 11 is 0. The lowest BCUT2D eigenvalue weighted by atomic mass is 10.0. The van der Waals surface area contributed by atoms with Crippen LogP contribution in [-0.4, -0.2) is 39.8 Å². The molecule has 7 heteroatoms. The fourth-order valence-electron chi connectivity index (χ4n) is 3.75. The molecule has 3 rings (SSSR count). The van der Waals surface area contributed by atoms with E-state index in [1.807, 2.05) is 0 Å². The SMILES string of the molecule is Cc1ccc(CCc2ccc(CCCC(=O)N3CCC(OP(=O)(O)O)C3)cc2)cc1. The first-order chi connectivity index (χ1) is 14.3. The van der Waals surface area contributed by atoms with Gasteiger partial charge in [0, 0.05) is 19.5 Å². The van der Waals surface area contributed by atoms with Gasteiger partial charge in [-0.1, -0.05) is 54.1 Å². The maximum absolute atomic E-state index is 12.3. The normalized spacial score (nSPS) is 16.8. The van der Waals surface area contributed by atoms with E-state index in [0.29, 0.717) is 19.4 Å². The Morgan fingerprint density at radius 3 is 2.10 bits per heavy atom. The zero-order chi connectivity index (χ0) is 21.6. The van der Waals surface area contributed by atoms with Crippen molar-refractivity contribution in [2.24, 2.45) is 0 Å². The first kappa shape index (κ1) is 22.7. The van der Waals surface area contributed by atoms with Gasteiger partial charge in [-0.15, -0.1) is 0 Å². The van der Waals surface area contributed by atoms with Crippen LogP contribution in [0.1, 0.15) is 41.5 Å². The summed E-state index contributed by atoms with van der Waals surface area (Å²) in [4.78, 5) is 31.7. The molecule has 2 aromatic rings. The Labute approximate surface area is 178 Å². The average molecular weight is 431 g/mol. The zero-order valence-corrected chi connectivity index (χ0v) is 18.3. The van der Waals surface area contributed by atoms with Crippen LogP contribution < -0.4 is 0 Å². The number of phosphoric ester groups is 1. The van der Waals surface area contributed by atoms with Crippen LogP contribution >= 0.6 is 7.82 Å². The van der Waals surface area contributed by atoms with E-state index < -0.39 is 13.9 Å². The summed E-state index contributed by atoms with van der Waals surface area (Å²) in [5.41, 5.74) is 5.15. The van der Waals surface area contributed by atoms with Crippen molar-refractivity contribution in [3.63, 3.8) is 0 Å². The van der Waals surface area contributed by atoms with Crippen LogP contribution in [0.2, 0.25) is 0 Å². The van der Waals surface area contributed by atoms with Gasteiger partial charge in [0.1, 0.15) is 0 Å². The standard InChI is InChI=1S/C23H30NO5P/c1-18-5-7-20(8-6-18)13-14-21-11-9-19(10-12-21)3-2-4-23(25)24-16-15-22(17-24)29-30(26,27)28/h5-12,22H,2-4,13-17H2,1H3,(H2,26,27,28). The van der Waals surface area contributed by atoms with E-state index in [9.17, 15) is 9.36 Å². The van der Waals surface area contributed by atoms with Gasteiger partial charge < -0.3 is 14.7 Å². The Morgan fingerprint density at radius 2 is 1.53 bits per heavy atom. The summed E-state index contributed by atoms with van der Waals surface area (Å²) < 4.78 is 15.6. The maximum Gasteiger partial charge on any atom is 0.469 e. The van der Waals surface area contributed by atoms with Crippen molar-refractivity contribution in [3.8, 4) is 0 Å². The number of benzene rings is 2. The van der Waals surface area contributed by atoms with Gasteiger partial charge in [-0.25, -0.2) is 4.57 Å². The maximum atomic E-state index is 12.3. The third-order valence-corrected chi connectivity index (χ3v) is 6.06. The quantitative estimate of drug-likeness (QED) is 0.590. The highest BCUT2D eigenvalue weighted by atomic mass is 31.2. The predicted octanol–water partition coefficient (Wildman–Crippen LogP) is 3.81. The molecule has 1 fully saturated rings. The van der Waals surface area contributed by atoms with Gasteiger partial charge in [-0.2, -0.15) is 0 Å². The fraction of sp³-hybridized carbons (Fsp3) is 0.435. The highest BCUT2D eigenvalue weighted by molar-refractivity contribution is 7.46. The predicted molar refractivity (Wildman–Crippen MR) is 116 cm³/mol. The van der Waals surface area contributed by atoms with E-state index in [0.717, 1.165) is 25.7 Å². The number of likely N-dealkylation sites (tertiary alicyclic amines) is 1. The number of hydrogen-bond donors (Lipinski definition) is 2. The summed E-state index contributed by atoms with van der Waals surface area (Å²) in [5.74, 6) is 0.0153. The van der Waals surface area contributed by atoms with Crippen molar-refractivity contribution < 1.29 is 23.7 Å². The van der Waals surface area contributed by atoms with E-state index in [1.54, 1.807) is 4.90 Å². The number of aryl methyl sites for hydroxylation is 4. The average Bonchev–Trinajstić information content (AvgIpc) is 3.15. The Hall–Kier alpha value is -1.98. The molecule has 1 amide bonds. The smallest absolute Gasteiger partial charge is 0.340 e. The number of amides is 1.